The van der Waals surface area contributed by atoms with Crippen molar-refractivity contribution >= 4 is 11.4 Å². The smallest absolute Gasteiger partial charge is 0.269 e. The second-order valence-electron chi connectivity index (χ2n) is 6.22. The number of nitrogens with zero attached hydrogens (tertiary/aromatic N) is 3. The van der Waals surface area contributed by atoms with Gasteiger partial charge in [0.2, 0.25) is 0 Å². The van der Waals surface area contributed by atoms with Gasteiger partial charge in [-0.1, -0.05) is 24.3 Å². The van der Waals surface area contributed by atoms with Crippen molar-refractivity contribution in [3.8, 4) is 5.75 Å². The maximum absolute atomic E-state index is 11.0. The molecule has 0 saturated carbocycles. The summed E-state index contributed by atoms with van der Waals surface area (Å²) in [5.41, 5.74) is 2.25. The average molecular weight is 341 g/mol. The van der Waals surface area contributed by atoms with Gasteiger partial charge in [0.05, 0.1) is 17.7 Å². The Morgan fingerprint density at radius 1 is 1.08 bits per heavy atom. The lowest BCUT2D eigenvalue weighted by molar-refractivity contribution is -0.384. The van der Waals surface area contributed by atoms with Crippen LogP contribution in [0.3, 0.4) is 0 Å². The number of hydrogen-bond donors (Lipinski definition) is 0. The maximum atomic E-state index is 11.0. The van der Waals surface area contributed by atoms with Gasteiger partial charge < -0.3 is 9.64 Å². The summed E-state index contributed by atoms with van der Waals surface area (Å²) in [5, 5.41) is 11.0. The van der Waals surface area contributed by atoms with Crippen LogP contribution in [-0.4, -0.2) is 43.1 Å². The Bertz CT molecular complexity index is 742. The molecule has 2 aromatic rings. The van der Waals surface area contributed by atoms with Crippen LogP contribution in [0, 0.1) is 10.1 Å². The van der Waals surface area contributed by atoms with Crippen molar-refractivity contribution in [3.05, 3.63) is 64.2 Å². The Kier molecular flexibility index (Phi) is 5.19. The first-order valence-corrected chi connectivity index (χ1v) is 8.46. The summed E-state index contributed by atoms with van der Waals surface area (Å²) in [5.74, 6) is 0.891. The average Bonchev–Trinajstić information content (AvgIpc) is 2.67. The molecule has 0 radical (unpaired) electrons. The molecule has 6 heteroatoms. The highest BCUT2D eigenvalue weighted by Crippen LogP contribution is 2.30. The molecule has 132 valence electrons. The first-order valence-electron chi connectivity index (χ1n) is 8.46. The van der Waals surface area contributed by atoms with E-state index in [0.717, 1.165) is 43.2 Å². The van der Waals surface area contributed by atoms with Gasteiger partial charge in [0.1, 0.15) is 5.75 Å². The molecule has 1 fully saturated rings. The Balaban J connectivity index is 1.67. The molecule has 0 amide bonds. The van der Waals surface area contributed by atoms with E-state index in [-0.39, 0.29) is 16.7 Å². The third-order valence-corrected chi connectivity index (χ3v) is 4.85. The lowest BCUT2D eigenvalue weighted by atomic mass is 10.1. The molecule has 1 aliphatic rings. The molecule has 0 aliphatic carbocycles. The van der Waals surface area contributed by atoms with Crippen LogP contribution in [0.25, 0.3) is 0 Å². The fourth-order valence-corrected chi connectivity index (χ4v) is 3.35. The monoisotopic (exact) mass is 341 g/mol. The van der Waals surface area contributed by atoms with E-state index in [9.17, 15) is 10.1 Å². The van der Waals surface area contributed by atoms with Gasteiger partial charge in [-0.3, -0.25) is 15.0 Å². The largest absolute Gasteiger partial charge is 0.495 e. The molecule has 2 aromatic carbocycles. The minimum Gasteiger partial charge on any atom is -0.495 e. The minimum absolute atomic E-state index is 0.150. The van der Waals surface area contributed by atoms with Gasteiger partial charge in [-0.15, -0.1) is 0 Å². The number of anilines is 1. The Morgan fingerprint density at radius 3 is 2.48 bits per heavy atom. The third-order valence-electron chi connectivity index (χ3n) is 4.85. The Hall–Kier alpha value is -2.60. The predicted octanol–water partition coefficient (Wildman–Crippen LogP) is 3.49. The number of ether oxygens (including phenoxy) is 1. The van der Waals surface area contributed by atoms with Gasteiger partial charge in [-0.2, -0.15) is 0 Å². The quantitative estimate of drug-likeness (QED) is 0.615. The van der Waals surface area contributed by atoms with E-state index in [1.807, 2.05) is 24.3 Å². The molecular formula is C19H23N3O3. The zero-order valence-corrected chi connectivity index (χ0v) is 14.6. The van der Waals surface area contributed by atoms with E-state index in [4.69, 9.17) is 4.74 Å². The van der Waals surface area contributed by atoms with Crippen LogP contribution in [-0.2, 0) is 0 Å². The van der Waals surface area contributed by atoms with E-state index < -0.39 is 0 Å². The minimum atomic E-state index is -0.337. The number of rotatable bonds is 5. The number of piperazine rings is 1. The van der Waals surface area contributed by atoms with Crippen molar-refractivity contribution in [2.75, 3.05) is 38.2 Å². The van der Waals surface area contributed by atoms with Crippen molar-refractivity contribution in [2.24, 2.45) is 0 Å². The molecule has 0 spiro atoms. The fraction of sp³-hybridized carbons (Fsp3) is 0.368. The third kappa shape index (κ3) is 3.74. The van der Waals surface area contributed by atoms with Gasteiger partial charge >= 0.3 is 0 Å². The van der Waals surface area contributed by atoms with Crippen molar-refractivity contribution in [1.82, 2.24) is 4.90 Å². The van der Waals surface area contributed by atoms with Crippen molar-refractivity contribution < 1.29 is 9.66 Å². The highest BCUT2D eigenvalue weighted by molar-refractivity contribution is 5.58. The number of methoxy groups -OCH3 is 1. The van der Waals surface area contributed by atoms with Gasteiger partial charge in [-0.25, -0.2) is 0 Å². The zero-order chi connectivity index (χ0) is 17.8. The van der Waals surface area contributed by atoms with E-state index in [0.29, 0.717) is 0 Å². The summed E-state index contributed by atoms with van der Waals surface area (Å²) in [6.45, 7) is 5.72. The second kappa shape index (κ2) is 7.53. The van der Waals surface area contributed by atoms with Gasteiger partial charge in [0.15, 0.2) is 0 Å². The lowest BCUT2D eigenvalue weighted by Gasteiger charge is -2.39. The first-order chi connectivity index (χ1) is 12.1. The number of benzene rings is 2. The van der Waals surface area contributed by atoms with Crippen LogP contribution in [0.2, 0.25) is 0 Å². The molecule has 25 heavy (non-hydrogen) atoms. The topological polar surface area (TPSA) is 58.8 Å². The standard InChI is InChI=1S/C19H23N3O3/c1-15(16-6-5-7-17(14-16)22(23)24)20-10-12-21(13-11-20)18-8-3-4-9-19(18)25-2/h3-9,14-15H,10-13H2,1-2H3/t15-/m1/s1. The molecule has 6 nitrogen and oxygen atoms in total. The fourth-order valence-electron chi connectivity index (χ4n) is 3.35. The molecule has 0 unspecified atom stereocenters. The van der Waals surface area contributed by atoms with Crippen LogP contribution >= 0.6 is 0 Å². The van der Waals surface area contributed by atoms with E-state index in [1.54, 1.807) is 19.2 Å². The SMILES string of the molecule is COc1ccccc1N1CCN([C@H](C)c2cccc([N+](=O)[O-])c2)CC1. The number of non-ortho nitro benzene ring substituents is 1. The normalized spacial score (nSPS) is 16.5. The number of hydrogen-bond acceptors (Lipinski definition) is 5. The van der Waals surface area contributed by atoms with Crippen LogP contribution in [0.4, 0.5) is 11.4 Å². The molecule has 3 rings (SSSR count). The summed E-state index contributed by atoms with van der Waals surface area (Å²) in [6.07, 6.45) is 0. The predicted molar refractivity (Wildman–Crippen MR) is 98.3 cm³/mol. The Labute approximate surface area is 147 Å². The Morgan fingerprint density at radius 2 is 1.80 bits per heavy atom. The van der Waals surface area contributed by atoms with Gasteiger partial charge in [0.25, 0.3) is 5.69 Å². The lowest BCUT2D eigenvalue weighted by Crippen LogP contribution is -2.47. The second-order valence-corrected chi connectivity index (χ2v) is 6.22. The van der Waals surface area contributed by atoms with Crippen molar-refractivity contribution in [2.45, 2.75) is 13.0 Å². The van der Waals surface area contributed by atoms with E-state index in [1.165, 1.54) is 6.07 Å². The van der Waals surface area contributed by atoms with E-state index >= 15 is 0 Å². The summed E-state index contributed by atoms with van der Waals surface area (Å²) in [4.78, 5) is 15.3. The molecule has 0 N–H and O–H groups in total. The molecule has 0 aromatic heterocycles. The first kappa shape index (κ1) is 17.2. The molecule has 1 saturated heterocycles. The van der Waals surface area contributed by atoms with Crippen molar-refractivity contribution in [1.29, 1.82) is 0 Å². The van der Waals surface area contributed by atoms with Crippen LogP contribution in [0.5, 0.6) is 5.75 Å². The van der Waals surface area contributed by atoms with Crippen LogP contribution in [0.1, 0.15) is 18.5 Å². The maximum Gasteiger partial charge on any atom is 0.269 e. The van der Waals surface area contributed by atoms with E-state index in [2.05, 4.69) is 22.8 Å². The molecule has 1 aliphatic heterocycles. The van der Waals surface area contributed by atoms with Gasteiger partial charge in [-0.05, 0) is 24.6 Å². The molecule has 0 bridgehead atoms. The molecular weight excluding hydrogens is 318 g/mol. The van der Waals surface area contributed by atoms with Crippen LogP contribution < -0.4 is 9.64 Å². The van der Waals surface area contributed by atoms with Gasteiger partial charge in [0, 0.05) is 44.4 Å². The highest BCUT2D eigenvalue weighted by Gasteiger charge is 2.24. The summed E-state index contributed by atoms with van der Waals surface area (Å²) < 4.78 is 5.46. The summed E-state index contributed by atoms with van der Waals surface area (Å²) in [7, 11) is 1.69. The van der Waals surface area contributed by atoms with Crippen molar-refractivity contribution in [3.63, 3.8) is 0 Å². The highest BCUT2D eigenvalue weighted by atomic mass is 16.6. The molecule has 1 atom stereocenters. The number of para-hydroxylation sites is 2. The number of nitro groups is 1. The summed E-state index contributed by atoms with van der Waals surface area (Å²) in [6, 6.07) is 15.1. The molecule has 1 heterocycles. The number of nitro benzene ring substituents is 1. The zero-order valence-electron chi connectivity index (χ0n) is 14.6. The summed E-state index contributed by atoms with van der Waals surface area (Å²) >= 11 is 0. The van der Waals surface area contributed by atoms with Crippen LogP contribution in [0.15, 0.2) is 48.5 Å².